The van der Waals surface area contributed by atoms with Crippen molar-refractivity contribution in [2.75, 3.05) is 13.1 Å². The molecule has 1 aliphatic rings. The minimum absolute atomic E-state index is 0.177. The van der Waals surface area contributed by atoms with Crippen molar-refractivity contribution in [3.05, 3.63) is 24.3 Å². The van der Waals surface area contributed by atoms with E-state index >= 15 is 0 Å². The highest BCUT2D eigenvalue weighted by Gasteiger charge is 2.24. The summed E-state index contributed by atoms with van der Waals surface area (Å²) in [6, 6.07) is 8.08. The molecule has 1 aromatic carbocycles. The van der Waals surface area contributed by atoms with Crippen LogP contribution in [0.1, 0.15) is 39.0 Å². The molecule has 1 aromatic heterocycles. The molecule has 22 heavy (non-hydrogen) atoms. The van der Waals surface area contributed by atoms with E-state index in [0.717, 1.165) is 54.2 Å². The highest BCUT2D eigenvalue weighted by Crippen LogP contribution is 2.29. The first kappa shape index (κ1) is 15.3. The average Bonchev–Trinajstić information content (AvgIpc) is 2.95. The highest BCUT2D eigenvalue weighted by atomic mass is 32.1. The van der Waals surface area contributed by atoms with E-state index in [4.69, 9.17) is 4.74 Å². The Labute approximate surface area is 135 Å². The van der Waals surface area contributed by atoms with Crippen LogP contribution in [0, 0.1) is 0 Å². The van der Waals surface area contributed by atoms with Gasteiger partial charge in [-0.3, -0.25) is 4.79 Å². The van der Waals surface area contributed by atoms with E-state index in [-0.39, 0.29) is 6.10 Å². The summed E-state index contributed by atoms with van der Waals surface area (Å²) in [6.45, 7) is 3.72. The molecule has 0 bridgehead atoms. The van der Waals surface area contributed by atoms with Gasteiger partial charge in [-0.15, -0.1) is 0 Å². The SMILES string of the molecule is CCCCC(=O)N1CCC(Oc2nc3ccccc3s2)CC1. The Bertz CT molecular complexity index is 599. The molecular weight excluding hydrogens is 296 g/mol. The summed E-state index contributed by atoms with van der Waals surface area (Å²) in [5.41, 5.74) is 0.995. The molecule has 3 rings (SSSR count). The third-order valence-corrected chi connectivity index (χ3v) is 5.01. The van der Waals surface area contributed by atoms with E-state index < -0.39 is 0 Å². The maximum Gasteiger partial charge on any atom is 0.274 e. The minimum Gasteiger partial charge on any atom is -0.467 e. The summed E-state index contributed by atoms with van der Waals surface area (Å²) in [4.78, 5) is 18.5. The largest absolute Gasteiger partial charge is 0.467 e. The van der Waals surface area contributed by atoms with Crippen LogP contribution in [0.3, 0.4) is 0 Å². The number of hydrogen-bond donors (Lipinski definition) is 0. The zero-order valence-corrected chi connectivity index (χ0v) is 13.8. The molecule has 0 spiro atoms. The molecule has 1 saturated heterocycles. The number of ether oxygens (including phenoxy) is 1. The summed E-state index contributed by atoms with van der Waals surface area (Å²) in [6.07, 6.45) is 4.71. The van der Waals surface area contributed by atoms with Crippen molar-refractivity contribution >= 4 is 27.5 Å². The number of amides is 1. The third-order valence-electron chi connectivity index (χ3n) is 4.08. The molecule has 0 saturated carbocycles. The summed E-state index contributed by atoms with van der Waals surface area (Å²) in [7, 11) is 0. The fraction of sp³-hybridized carbons (Fsp3) is 0.529. The molecular formula is C17H22N2O2S. The van der Waals surface area contributed by atoms with Gasteiger partial charge in [-0.25, -0.2) is 4.98 Å². The Hall–Kier alpha value is -1.62. The standard InChI is InChI=1S/C17H22N2O2S/c1-2-3-8-16(20)19-11-9-13(10-12-19)21-17-18-14-6-4-5-7-15(14)22-17/h4-7,13H,2-3,8-12H2,1H3. The number of para-hydroxylation sites is 1. The van der Waals surface area contributed by atoms with Gasteiger partial charge in [0, 0.05) is 32.4 Å². The number of benzene rings is 1. The van der Waals surface area contributed by atoms with Gasteiger partial charge in [-0.05, 0) is 18.6 Å². The number of piperidine rings is 1. The van der Waals surface area contributed by atoms with Crippen LogP contribution in [0.15, 0.2) is 24.3 Å². The zero-order valence-electron chi connectivity index (χ0n) is 13.0. The van der Waals surface area contributed by atoms with Crippen molar-refractivity contribution in [1.29, 1.82) is 0 Å². The Morgan fingerprint density at radius 3 is 2.86 bits per heavy atom. The van der Waals surface area contributed by atoms with E-state index in [9.17, 15) is 4.79 Å². The number of carbonyl (C=O) groups excluding carboxylic acids is 1. The smallest absolute Gasteiger partial charge is 0.274 e. The first-order valence-electron chi connectivity index (χ1n) is 8.06. The molecule has 0 radical (unpaired) electrons. The van der Waals surface area contributed by atoms with Crippen LogP contribution in [0.25, 0.3) is 10.2 Å². The fourth-order valence-corrected chi connectivity index (χ4v) is 3.63. The van der Waals surface area contributed by atoms with Crippen LogP contribution >= 0.6 is 11.3 Å². The first-order chi connectivity index (χ1) is 10.8. The Morgan fingerprint density at radius 2 is 2.14 bits per heavy atom. The Morgan fingerprint density at radius 1 is 1.36 bits per heavy atom. The normalized spacial score (nSPS) is 16.1. The van der Waals surface area contributed by atoms with Gasteiger partial charge in [0.05, 0.1) is 10.2 Å². The van der Waals surface area contributed by atoms with Crippen molar-refractivity contribution in [2.24, 2.45) is 0 Å². The van der Waals surface area contributed by atoms with Gasteiger partial charge < -0.3 is 9.64 Å². The van der Waals surface area contributed by atoms with E-state index in [2.05, 4.69) is 18.0 Å². The number of fused-ring (bicyclic) bond motifs is 1. The number of thiazole rings is 1. The number of carbonyl (C=O) groups is 1. The first-order valence-corrected chi connectivity index (χ1v) is 8.88. The summed E-state index contributed by atoms with van der Waals surface area (Å²) < 4.78 is 7.18. The zero-order chi connectivity index (χ0) is 15.4. The van der Waals surface area contributed by atoms with E-state index in [0.29, 0.717) is 12.3 Å². The molecule has 4 nitrogen and oxygen atoms in total. The minimum atomic E-state index is 0.177. The number of hydrogen-bond acceptors (Lipinski definition) is 4. The predicted octanol–water partition coefficient (Wildman–Crippen LogP) is 3.86. The van der Waals surface area contributed by atoms with E-state index in [1.54, 1.807) is 11.3 Å². The molecule has 0 atom stereocenters. The lowest BCUT2D eigenvalue weighted by molar-refractivity contribution is -0.133. The Kier molecular flexibility index (Phi) is 4.93. The second-order valence-corrected chi connectivity index (χ2v) is 6.74. The monoisotopic (exact) mass is 318 g/mol. The van der Waals surface area contributed by atoms with Gasteiger partial charge in [0.15, 0.2) is 0 Å². The van der Waals surface area contributed by atoms with Crippen LogP contribution in [0.2, 0.25) is 0 Å². The molecule has 5 heteroatoms. The van der Waals surface area contributed by atoms with Crippen LogP contribution < -0.4 is 4.74 Å². The van der Waals surface area contributed by atoms with Crippen molar-refractivity contribution in [2.45, 2.75) is 45.1 Å². The van der Waals surface area contributed by atoms with Gasteiger partial charge in [0.1, 0.15) is 6.10 Å². The Balaban J connectivity index is 1.52. The van der Waals surface area contributed by atoms with Gasteiger partial charge in [0.25, 0.3) is 5.19 Å². The summed E-state index contributed by atoms with van der Waals surface area (Å²) in [5.74, 6) is 0.292. The molecule has 2 aromatic rings. The lowest BCUT2D eigenvalue weighted by Crippen LogP contribution is -2.41. The van der Waals surface area contributed by atoms with E-state index in [1.807, 2.05) is 23.1 Å². The number of aromatic nitrogens is 1. The third kappa shape index (κ3) is 3.58. The van der Waals surface area contributed by atoms with Crippen LogP contribution in [0.4, 0.5) is 0 Å². The molecule has 0 unspecified atom stereocenters. The second kappa shape index (κ2) is 7.09. The van der Waals surface area contributed by atoms with Gasteiger partial charge in [-0.2, -0.15) is 0 Å². The van der Waals surface area contributed by atoms with Crippen LogP contribution in [-0.4, -0.2) is 35.0 Å². The molecule has 0 aliphatic carbocycles. The lowest BCUT2D eigenvalue weighted by atomic mass is 10.1. The molecule has 1 amide bonds. The molecule has 2 heterocycles. The summed E-state index contributed by atoms with van der Waals surface area (Å²) in [5, 5.41) is 0.747. The number of rotatable bonds is 5. The lowest BCUT2D eigenvalue weighted by Gasteiger charge is -2.31. The summed E-state index contributed by atoms with van der Waals surface area (Å²) >= 11 is 1.60. The van der Waals surface area contributed by atoms with Crippen molar-refractivity contribution in [1.82, 2.24) is 9.88 Å². The van der Waals surface area contributed by atoms with Crippen molar-refractivity contribution in [3.8, 4) is 5.19 Å². The second-order valence-electron chi connectivity index (χ2n) is 5.75. The molecule has 1 fully saturated rings. The molecule has 0 N–H and O–H groups in total. The maximum atomic E-state index is 12.0. The van der Waals surface area contributed by atoms with Crippen LogP contribution in [-0.2, 0) is 4.79 Å². The number of unbranched alkanes of at least 4 members (excludes halogenated alkanes) is 1. The van der Waals surface area contributed by atoms with Gasteiger partial charge in [-0.1, -0.05) is 36.8 Å². The maximum absolute atomic E-state index is 12.0. The fourth-order valence-electron chi connectivity index (χ4n) is 2.75. The van der Waals surface area contributed by atoms with Gasteiger partial charge in [0.2, 0.25) is 5.91 Å². The predicted molar refractivity (Wildman–Crippen MR) is 89.4 cm³/mol. The quantitative estimate of drug-likeness (QED) is 0.841. The highest BCUT2D eigenvalue weighted by molar-refractivity contribution is 7.20. The van der Waals surface area contributed by atoms with Gasteiger partial charge >= 0.3 is 0 Å². The average molecular weight is 318 g/mol. The van der Waals surface area contributed by atoms with Crippen molar-refractivity contribution < 1.29 is 9.53 Å². The molecule has 118 valence electrons. The van der Waals surface area contributed by atoms with Crippen LogP contribution in [0.5, 0.6) is 5.19 Å². The number of likely N-dealkylation sites (tertiary alicyclic amines) is 1. The number of nitrogens with zero attached hydrogens (tertiary/aromatic N) is 2. The van der Waals surface area contributed by atoms with Crippen molar-refractivity contribution in [3.63, 3.8) is 0 Å². The molecule has 1 aliphatic heterocycles. The van der Waals surface area contributed by atoms with E-state index in [1.165, 1.54) is 0 Å². The topological polar surface area (TPSA) is 42.4 Å².